The number of amides is 1. The van der Waals surface area contributed by atoms with Crippen molar-refractivity contribution < 1.29 is 19.4 Å². The molecule has 0 aliphatic rings. The second-order valence-corrected chi connectivity index (χ2v) is 3.78. The maximum absolute atomic E-state index is 11.3. The van der Waals surface area contributed by atoms with Crippen LogP contribution in [-0.4, -0.2) is 33.7 Å². The van der Waals surface area contributed by atoms with Crippen LogP contribution in [0.1, 0.15) is 10.4 Å². The number of nitrogens with zero attached hydrogens (tertiary/aromatic N) is 2. The lowest BCUT2D eigenvalue weighted by Gasteiger charge is -2.05. The molecule has 2 rings (SSSR count). The van der Waals surface area contributed by atoms with Gasteiger partial charge in [-0.15, -0.1) is 0 Å². The van der Waals surface area contributed by atoms with Gasteiger partial charge in [0.2, 0.25) is 0 Å². The molecule has 2 aromatic rings. The molecule has 0 saturated heterocycles. The van der Waals surface area contributed by atoms with Crippen LogP contribution in [0.4, 0.5) is 10.6 Å². The van der Waals surface area contributed by atoms with Crippen molar-refractivity contribution in [3.8, 4) is 0 Å². The van der Waals surface area contributed by atoms with E-state index < -0.39 is 12.1 Å². The maximum atomic E-state index is 11.3. The SMILES string of the molecule is C=CCOC(=O)Nc1ccc2cc(C(=O)O)cnc2n1. The third-order valence-corrected chi connectivity index (χ3v) is 2.35. The third-order valence-electron chi connectivity index (χ3n) is 2.35. The Kier molecular flexibility index (Phi) is 3.90. The molecule has 20 heavy (non-hydrogen) atoms. The number of aromatic carboxylic acids is 1. The molecule has 0 unspecified atom stereocenters. The van der Waals surface area contributed by atoms with Crippen molar-refractivity contribution in [2.75, 3.05) is 11.9 Å². The van der Waals surface area contributed by atoms with E-state index in [-0.39, 0.29) is 18.0 Å². The molecule has 0 spiro atoms. The number of hydrogen-bond acceptors (Lipinski definition) is 5. The molecule has 2 N–H and O–H groups in total. The standard InChI is InChI=1S/C13H11N3O4/c1-2-5-20-13(19)16-10-4-3-8-6-9(12(17)18)7-14-11(8)15-10/h2-4,6-7H,1,5H2,(H,17,18)(H,14,15,16,19). The van der Waals surface area contributed by atoms with Gasteiger partial charge in [0.15, 0.2) is 5.65 Å². The molecule has 0 bridgehead atoms. The van der Waals surface area contributed by atoms with Gasteiger partial charge in [-0.1, -0.05) is 12.7 Å². The topological polar surface area (TPSA) is 101 Å². The highest BCUT2D eigenvalue weighted by molar-refractivity contribution is 5.92. The van der Waals surface area contributed by atoms with Crippen molar-refractivity contribution >= 4 is 28.9 Å². The molecule has 2 aromatic heterocycles. The van der Waals surface area contributed by atoms with Gasteiger partial charge in [-0.05, 0) is 18.2 Å². The van der Waals surface area contributed by atoms with Crippen LogP contribution in [0.25, 0.3) is 11.0 Å². The van der Waals surface area contributed by atoms with Gasteiger partial charge in [-0.2, -0.15) is 0 Å². The van der Waals surface area contributed by atoms with Crippen LogP contribution in [0.2, 0.25) is 0 Å². The maximum Gasteiger partial charge on any atom is 0.413 e. The largest absolute Gasteiger partial charge is 0.478 e. The summed E-state index contributed by atoms with van der Waals surface area (Å²) >= 11 is 0. The zero-order valence-corrected chi connectivity index (χ0v) is 10.4. The van der Waals surface area contributed by atoms with E-state index in [1.807, 2.05) is 0 Å². The number of fused-ring (bicyclic) bond motifs is 1. The molecule has 0 fully saturated rings. The first kappa shape index (κ1) is 13.5. The highest BCUT2D eigenvalue weighted by Gasteiger charge is 2.08. The van der Waals surface area contributed by atoms with E-state index in [1.165, 1.54) is 24.4 Å². The first-order valence-electron chi connectivity index (χ1n) is 5.65. The predicted octanol–water partition coefficient (Wildman–Crippen LogP) is 2.06. The zero-order chi connectivity index (χ0) is 14.5. The molecule has 7 nitrogen and oxygen atoms in total. The number of anilines is 1. The van der Waals surface area contributed by atoms with E-state index in [9.17, 15) is 9.59 Å². The lowest BCUT2D eigenvalue weighted by atomic mass is 10.2. The van der Waals surface area contributed by atoms with Crippen LogP contribution in [0.3, 0.4) is 0 Å². The molecule has 102 valence electrons. The minimum atomic E-state index is -1.06. The van der Waals surface area contributed by atoms with Crippen LogP contribution in [-0.2, 0) is 4.74 Å². The molecule has 0 aliphatic heterocycles. The summed E-state index contributed by atoms with van der Waals surface area (Å²) in [7, 11) is 0. The fraction of sp³-hybridized carbons (Fsp3) is 0.0769. The minimum absolute atomic E-state index is 0.0744. The minimum Gasteiger partial charge on any atom is -0.478 e. The van der Waals surface area contributed by atoms with Crippen LogP contribution < -0.4 is 5.32 Å². The Morgan fingerprint density at radius 2 is 2.25 bits per heavy atom. The number of carboxylic acid groups (broad SMARTS) is 1. The Labute approximate surface area is 113 Å². The summed E-state index contributed by atoms with van der Waals surface area (Å²) in [5.74, 6) is -0.795. The smallest absolute Gasteiger partial charge is 0.413 e. The number of nitrogens with one attached hydrogen (secondary N) is 1. The molecular formula is C13H11N3O4. The number of carboxylic acids is 1. The number of pyridine rings is 2. The van der Waals surface area contributed by atoms with Gasteiger partial charge < -0.3 is 9.84 Å². The van der Waals surface area contributed by atoms with E-state index in [0.29, 0.717) is 11.0 Å². The Balaban J connectivity index is 2.21. The molecule has 1 amide bonds. The average molecular weight is 273 g/mol. The van der Waals surface area contributed by atoms with Gasteiger partial charge in [-0.3, -0.25) is 5.32 Å². The van der Waals surface area contributed by atoms with Crippen molar-refractivity contribution in [2.24, 2.45) is 0 Å². The van der Waals surface area contributed by atoms with Crippen LogP contribution in [0, 0.1) is 0 Å². The summed E-state index contributed by atoms with van der Waals surface area (Å²) in [5.41, 5.74) is 0.405. The molecule has 0 aliphatic carbocycles. The highest BCUT2D eigenvalue weighted by atomic mass is 16.5. The average Bonchev–Trinajstić information content (AvgIpc) is 2.44. The van der Waals surface area contributed by atoms with Crippen LogP contribution >= 0.6 is 0 Å². The summed E-state index contributed by atoms with van der Waals surface area (Å²) in [6.45, 7) is 3.52. The first-order chi connectivity index (χ1) is 9.60. The van der Waals surface area contributed by atoms with Gasteiger partial charge in [0.25, 0.3) is 0 Å². The van der Waals surface area contributed by atoms with E-state index >= 15 is 0 Å². The summed E-state index contributed by atoms with van der Waals surface area (Å²) in [5, 5.41) is 11.9. The molecule has 7 heteroatoms. The van der Waals surface area contributed by atoms with E-state index in [2.05, 4.69) is 21.9 Å². The second-order valence-electron chi connectivity index (χ2n) is 3.78. The Morgan fingerprint density at radius 3 is 2.95 bits per heavy atom. The lowest BCUT2D eigenvalue weighted by Crippen LogP contribution is -2.14. The quantitative estimate of drug-likeness (QED) is 0.827. The number of hydrogen-bond donors (Lipinski definition) is 2. The van der Waals surface area contributed by atoms with Crippen LogP contribution in [0.15, 0.2) is 37.1 Å². The summed E-state index contributed by atoms with van der Waals surface area (Å²) in [6, 6.07) is 4.60. The summed E-state index contributed by atoms with van der Waals surface area (Å²) < 4.78 is 4.75. The highest BCUT2D eigenvalue weighted by Crippen LogP contribution is 2.15. The molecule has 0 radical (unpaired) electrons. The monoisotopic (exact) mass is 273 g/mol. The van der Waals surface area contributed by atoms with Crippen molar-refractivity contribution in [2.45, 2.75) is 0 Å². The van der Waals surface area contributed by atoms with Gasteiger partial charge >= 0.3 is 12.1 Å². The zero-order valence-electron chi connectivity index (χ0n) is 10.4. The molecule has 2 heterocycles. The molecular weight excluding hydrogens is 262 g/mol. The third kappa shape index (κ3) is 3.08. The Bertz CT molecular complexity index is 684. The van der Waals surface area contributed by atoms with Crippen molar-refractivity contribution in [3.63, 3.8) is 0 Å². The van der Waals surface area contributed by atoms with Crippen LogP contribution in [0.5, 0.6) is 0 Å². The van der Waals surface area contributed by atoms with Gasteiger partial charge in [0.05, 0.1) is 5.56 Å². The van der Waals surface area contributed by atoms with Gasteiger partial charge in [-0.25, -0.2) is 19.6 Å². The van der Waals surface area contributed by atoms with E-state index in [0.717, 1.165) is 0 Å². The number of ether oxygens (including phenoxy) is 1. The first-order valence-corrected chi connectivity index (χ1v) is 5.65. The van der Waals surface area contributed by atoms with Gasteiger partial charge in [0.1, 0.15) is 12.4 Å². The molecule has 0 saturated carbocycles. The van der Waals surface area contributed by atoms with E-state index in [4.69, 9.17) is 9.84 Å². The normalized spacial score (nSPS) is 10.0. The van der Waals surface area contributed by atoms with Crippen molar-refractivity contribution in [1.29, 1.82) is 0 Å². The fourth-order valence-corrected chi connectivity index (χ4v) is 1.47. The lowest BCUT2D eigenvalue weighted by molar-refractivity contribution is 0.0696. The molecule has 0 aromatic carbocycles. The molecule has 0 atom stereocenters. The Hall–Kier alpha value is -2.96. The van der Waals surface area contributed by atoms with Gasteiger partial charge in [0, 0.05) is 11.6 Å². The second kappa shape index (κ2) is 5.79. The summed E-state index contributed by atoms with van der Waals surface area (Å²) in [4.78, 5) is 30.2. The predicted molar refractivity (Wildman–Crippen MR) is 71.7 cm³/mol. The number of rotatable bonds is 4. The number of carbonyl (C=O) groups excluding carboxylic acids is 1. The fourth-order valence-electron chi connectivity index (χ4n) is 1.47. The van der Waals surface area contributed by atoms with Crippen molar-refractivity contribution in [3.05, 3.63) is 42.6 Å². The Morgan fingerprint density at radius 1 is 1.45 bits per heavy atom. The number of aromatic nitrogens is 2. The van der Waals surface area contributed by atoms with Crippen molar-refractivity contribution in [1.82, 2.24) is 9.97 Å². The van der Waals surface area contributed by atoms with E-state index in [1.54, 1.807) is 6.07 Å². The number of carbonyl (C=O) groups is 2. The summed E-state index contributed by atoms with van der Waals surface area (Å²) in [6.07, 6.45) is 2.00.